The molecule has 1 aromatic carbocycles. The zero-order valence-corrected chi connectivity index (χ0v) is 10.5. The van der Waals surface area contributed by atoms with Crippen molar-refractivity contribution in [1.82, 2.24) is 0 Å². The summed E-state index contributed by atoms with van der Waals surface area (Å²) in [7, 11) is 1.43. The van der Waals surface area contributed by atoms with Crippen molar-refractivity contribution in [3.63, 3.8) is 0 Å². The van der Waals surface area contributed by atoms with Gasteiger partial charge in [-0.05, 0) is 34.8 Å². The van der Waals surface area contributed by atoms with Crippen LogP contribution in [0.5, 0.6) is 11.5 Å². The number of ether oxygens (including phenoxy) is 1. The lowest BCUT2D eigenvalue weighted by Crippen LogP contribution is -2.21. The van der Waals surface area contributed by atoms with Gasteiger partial charge in [-0.3, -0.25) is 0 Å². The van der Waals surface area contributed by atoms with Gasteiger partial charge in [-0.1, -0.05) is 0 Å². The first-order valence-corrected chi connectivity index (χ1v) is 5.80. The largest absolute Gasteiger partial charge is 0.504 e. The molecule has 3 N–H and O–H groups in total. The number of rotatable bonds is 3. The molecule has 16 heavy (non-hydrogen) atoms. The fraction of sp³-hybridized carbons (Fsp3) is 0.455. The molecule has 1 aromatic rings. The maximum Gasteiger partial charge on any atom is 0.175 e. The lowest BCUT2D eigenvalue weighted by molar-refractivity contribution is 0.360. The molecule has 0 saturated heterocycles. The Morgan fingerprint density at radius 1 is 1.62 bits per heavy atom. The van der Waals surface area contributed by atoms with Gasteiger partial charge in [0.25, 0.3) is 0 Å². The first-order chi connectivity index (χ1) is 7.55. The normalized spacial score (nSPS) is 17.2. The van der Waals surface area contributed by atoms with Crippen LogP contribution < -0.4 is 10.5 Å². The third kappa shape index (κ3) is 1.58. The number of nitrogens with two attached hydrogens (primary N) is 1. The van der Waals surface area contributed by atoms with Crippen LogP contribution in [0.3, 0.4) is 0 Å². The molecule has 5 heteroatoms. The van der Waals surface area contributed by atoms with Gasteiger partial charge >= 0.3 is 0 Å². The topological polar surface area (TPSA) is 55.5 Å². The molecule has 0 radical (unpaired) electrons. The number of aromatic hydroxyl groups is 1. The van der Waals surface area contributed by atoms with E-state index in [1.54, 1.807) is 0 Å². The van der Waals surface area contributed by atoms with Crippen LogP contribution in [0, 0.1) is 5.82 Å². The highest BCUT2D eigenvalue weighted by atomic mass is 79.9. The first-order valence-electron chi connectivity index (χ1n) is 5.01. The highest BCUT2D eigenvalue weighted by molar-refractivity contribution is 9.10. The molecule has 0 heterocycles. The van der Waals surface area contributed by atoms with E-state index in [0.717, 1.165) is 12.8 Å². The van der Waals surface area contributed by atoms with E-state index in [-0.39, 0.29) is 17.1 Å². The number of benzene rings is 1. The van der Waals surface area contributed by atoms with Gasteiger partial charge in [0.2, 0.25) is 0 Å². The Morgan fingerprint density at radius 2 is 2.25 bits per heavy atom. The summed E-state index contributed by atoms with van der Waals surface area (Å²) in [4.78, 5) is 0. The van der Waals surface area contributed by atoms with Crippen molar-refractivity contribution in [2.24, 2.45) is 5.73 Å². The van der Waals surface area contributed by atoms with Crippen LogP contribution in [0.2, 0.25) is 0 Å². The summed E-state index contributed by atoms with van der Waals surface area (Å²) in [5.74, 6) is -0.318. The minimum atomic E-state index is -0.437. The molecule has 2 rings (SSSR count). The van der Waals surface area contributed by atoms with Crippen molar-refractivity contribution in [3.05, 3.63) is 21.9 Å². The Hall–Kier alpha value is -0.810. The Balaban J connectivity index is 2.61. The molecule has 3 nitrogen and oxygen atoms in total. The standard InChI is InChI=1S/C11H13BrFNO2/c1-16-10-6(12)4-7(13)8(9(10)15)11(5-14)2-3-11/h4,15H,2-3,5,14H2,1H3. The van der Waals surface area contributed by atoms with Crippen molar-refractivity contribution in [2.45, 2.75) is 18.3 Å². The summed E-state index contributed by atoms with van der Waals surface area (Å²) < 4.78 is 19.3. The van der Waals surface area contributed by atoms with Crippen molar-refractivity contribution in [1.29, 1.82) is 0 Å². The Kier molecular flexibility index (Phi) is 2.84. The summed E-state index contributed by atoms with van der Waals surface area (Å²) >= 11 is 3.15. The van der Waals surface area contributed by atoms with E-state index in [0.29, 0.717) is 11.0 Å². The Bertz CT molecular complexity index is 432. The lowest BCUT2D eigenvalue weighted by atomic mass is 9.94. The molecule has 1 fully saturated rings. The summed E-state index contributed by atoms with van der Waals surface area (Å²) in [5, 5.41) is 10.0. The van der Waals surface area contributed by atoms with Gasteiger partial charge in [0.05, 0.1) is 11.6 Å². The van der Waals surface area contributed by atoms with E-state index in [4.69, 9.17) is 10.5 Å². The van der Waals surface area contributed by atoms with Crippen molar-refractivity contribution in [2.75, 3.05) is 13.7 Å². The van der Waals surface area contributed by atoms with Gasteiger partial charge in [-0.15, -0.1) is 0 Å². The van der Waals surface area contributed by atoms with E-state index < -0.39 is 11.2 Å². The quantitative estimate of drug-likeness (QED) is 0.898. The molecule has 0 unspecified atom stereocenters. The Morgan fingerprint density at radius 3 is 2.69 bits per heavy atom. The molecular weight excluding hydrogens is 277 g/mol. The van der Waals surface area contributed by atoms with Crippen LogP contribution in [-0.4, -0.2) is 18.8 Å². The van der Waals surface area contributed by atoms with E-state index in [9.17, 15) is 9.50 Å². The van der Waals surface area contributed by atoms with Crippen LogP contribution in [0.15, 0.2) is 10.5 Å². The highest BCUT2D eigenvalue weighted by Crippen LogP contribution is 2.54. The molecule has 0 aliphatic heterocycles. The van der Waals surface area contributed by atoms with Gasteiger partial charge < -0.3 is 15.6 Å². The average molecular weight is 290 g/mol. The zero-order valence-electron chi connectivity index (χ0n) is 8.89. The molecule has 88 valence electrons. The number of hydrogen-bond acceptors (Lipinski definition) is 3. The maximum absolute atomic E-state index is 13.8. The molecule has 1 aliphatic rings. The fourth-order valence-corrected chi connectivity index (χ4v) is 2.55. The third-order valence-corrected chi connectivity index (χ3v) is 3.73. The number of halogens is 2. The third-order valence-electron chi connectivity index (χ3n) is 3.14. The number of hydrogen-bond donors (Lipinski definition) is 2. The average Bonchev–Trinajstić information content (AvgIpc) is 2.98. The summed E-state index contributed by atoms with van der Waals surface area (Å²) in [6.07, 6.45) is 1.61. The molecular formula is C11H13BrFNO2. The highest BCUT2D eigenvalue weighted by Gasteiger charge is 2.47. The minimum absolute atomic E-state index is 0.141. The molecule has 1 saturated carbocycles. The minimum Gasteiger partial charge on any atom is -0.504 e. The predicted molar refractivity (Wildman–Crippen MR) is 62.3 cm³/mol. The fourth-order valence-electron chi connectivity index (χ4n) is 1.99. The van der Waals surface area contributed by atoms with Gasteiger partial charge in [-0.2, -0.15) is 0 Å². The number of phenolic OH excluding ortho intramolecular Hbond substituents is 1. The van der Waals surface area contributed by atoms with Crippen molar-refractivity contribution in [3.8, 4) is 11.5 Å². The number of methoxy groups -OCH3 is 1. The van der Waals surface area contributed by atoms with E-state index in [1.807, 2.05) is 0 Å². The molecule has 0 spiro atoms. The van der Waals surface area contributed by atoms with Crippen LogP contribution in [0.1, 0.15) is 18.4 Å². The first kappa shape index (κ1) is 11.7. The van der Waals surface area contributed by atoms with Crippen LogP contribution >= 0.6 is 15.9 Å². The molecule has 1 aliphatic carbocycles. The van der Waals surface area contributed by atoms with Crippen molar-refractivity contribution < 1.29 is 14.2 Å². The van der Waals surface area contributed by atoms with Gasteiger partial charge in [0.1, 0.15) is 5.82 Å². The maximum atomic E-state index is 13.8. The van der Waals surface area contributed by atoms with Gasteiger partial charge in [-0.25, -0.2) is 4.39 Å². The second-order valence-electron chi connectivity index (χ2n) is 4.08. The van der Waals surface area contributed by atoms with E-state index >= 15 is 0 Å². The lowest BCUT2D eigenvalue weighted by Gasteiger charge is -2.18. The summed E-state index contributed by atoms with van der Waals surface area (Å²) in [6, 6.07) is 1.31. The van der Waals surface area contributed by atoms with Crippen LogP contribution in [-0.2, 0) is 5.41 Å². The zero-order chi connectivity index (χ0) is 11.9. The SMILES string of the molecule is COc1c(Br)cc(F)c(C2(CN)CC2)c1O. The molecule has 0 bridgehead atoms. The van der Waals surface area contributed by atoms with E-state index in [1.165, 1.54) is 13.2 Å². The molecule has 0 amide bonds. The summed E-state index contributed by atoms with van der Waals surface area (Å²) in [6.45, 7) is 0.336. The molecule has 0 aromatic heterocycles. The second kappa shape index (κ2) is 3.89. The van der Waals surface area contributed by atoms with Gasteiger partial charge in [0, 0.05) is 17.5 Å². The monoisotopic (exact) mass is 289 g/mol. The van der Waals surface area contributed by atoms with E-state index in [2.05, 4.69) is 15.9 Å². The Labute approximate surface area is 102 Å². The van der Waals surface area contributed by atoms with Crippen LogP contribution in [0.4, 0.5) is 4.39 Å². The molecule has 0 atom stereocenters. The number of phenols is 1. The predicted octanol–water partition coefficient (Wildman–Crippen LogP) is 2.29. The summed E-state index contributed by atoms with van der Waals surface area (Å²) in [5.41, 5.74) is 5.52. The van der Waals surface area contributed by atoms with Crippen LogP contribution in [0.25, 0.3) is 0 Å². The smallest absolute Gasteiger partial charge is 0.175 e. The van der Waals surface area contributed by atoms with Gasteiger partial charge in [0.15, 0.2) is 11.5 Å². The second-order valence-corrected chi connectivity index (χ2v) is 4.94. The van der Waals surface area contributed by atoms with Crippen molar-refractivity contribution >= 4 is 15.9 Å².